The molecule has 0 saturated heterocycles. The number of hydrogen-bond acceptors (Lipinski definition) is 5. The second-order valence-corrected chi connectivity index (χ2v) is 6.52. The molecule has 3 aromatic rings. The van der Waals surface area contributed by atoms with Gasteiger partial charge in [0.1, 0.15) is 18.1 Å². The molecule has 0 aliphatic rings. The molecule has 0 aliphatic carbocycles. The number of nitrogens with one attached hydrogen (secondary N) is 2. The first-order valence-corrected chi connectivity index (χ1v) is 8.78. The van der Waals surface area contributed by atoms with E-state index in [9.17, 15) is 4.79 Å². The number of rotatable bonds is 5. The van der Waals surface area contributed by atoms with Gasteiger partial charge < -0.3 is 14.5 Å². The van der Waals surface area contributed by atoms with Crippen LogP contribution >= 0.6 is 23.6 Å². The first-order valence-electron chi connectivity index (χ1n) is 7.49. The number of hydrogen-bond donors (Lipinski definition) is 2. The lowest BCUT2D eigenvalue weighted by atomic mass is 10.1. The number of anilines is 1. The average Bonchev–Trinajstić information content (AvgIpc) is 3.27. The number of thiophene rings is 1. The van der Waals surface area contributed by atoms with Crippen molar-refractivity contribution in [2.75, 3.05) is 12.4 Å². The van der Waals surface area contributed by atoms with Crippen LogP contribution in [0.5, 0.6) is 0 Å². The van der Waals surface area contributed by atoms with Gasteiger partial charge in [-0.05, 0) is 60.1 Å². The number of ether oxygens (including phenoxy) is 1. The molecule has 0 fully saturated rings. The van der Waals surface area contributed by atoms with Gasteiger partial charge in [0.05, 0.1) is 4.88 Å². The Balaban J connectivity index is 1.60. The lowest BCUT2D eigenvalue weighted by molar-refractivity contribution is 0.0981. The van der Waals surface area contributed by atoms with Crippen molar-refractivity contribution in [1.82, 2.24) is 5.32 Å². The topological polar surface area (TPSA) is 63.5 Å². The van der Waals surface area contributed by atoms with E-state index >= 15 is 0 Å². The SMILES string of the molecule is COCc1ccc(-c2ccc(NC(=S)NC(=O)c3cccs3)cc2)o1. The monoisotopic (exact) mass is 372 g/mol. The van der Waals surface area contributed by atoms with E-state index in [1.54, 1.807) is 13.2 Å². The van der Waals surface area contributed by atoms with Crippen LogP contribution in [0.25, 0.3) is 11.3 Å². The maximum atomic E-state index is 12.0. The lowest BCUT2D eigenvalue weighted by Gasteiger charge is -2.09. The van der Waals surface area contributed by atoms with Crippen LogP contribution in [0.4, 0.5) is 5.69 Å². The van der Waals surface area contributed by atoms with Crippen molar-refractivity contribution in [2.24, 2.45) is 0 Å². The third-order valence-corrected chi connectivity index (χ3v) is 4.42. The molecule has 128 valence electrons. The van der Waals surface area contributed by atoms with Gasteiger partial charge in [-0.15, -0.1) is 11.3 Å². The van der Waals surface area contributed by atoms with E-state index < -0.39 is 0 Å². The first-order chi connectivity index (χ1) is 12.2. The normalized spacial score (nSPS) is 10.4. The second kappa shape index (κ2) is 8.06. The summed E-state index contributed by atoms with van der Waals surface area (Å²) in [6.45, 7) is 0.442. The summed E-state index contributed by atoms with van der Waals surface area (Å²) in [4.78, 5) is 12.6. The molecule has 0 radical (unpaired) electrons. The minimum Gasteiger partial charge on any atom is -0.459 e. The highest BCUT2D eigenvalue weighted by molar-refractivity contribution is 7.80. The van der Waals surface area contributed by atoms with Crippen LogP contribution in [0.15, 0.2) is 58.3 Å². The van der Waals surface area contributed by atoms with Gasteiger partial charge >= 0.3 is 0 Å². The zero-order valence-electron chi connectivity index (χ0n) is 13.4. The molecule has 2 heterocycles. The number of methoxy groups -OCH3 is 1. The molecule has 0 unspecified atom stereocenters. The van der Waals surface area contributed by atoms with Crippen molar-refractivity contribution in [2.45, 2.75) is 6.61 Å². The van der Waals surface area contributed by atoms with E-state index in [1.807, 2.05) is 47.8 Å². The molecule has 3 rings (SSSR count). The molecule has 0 bridgehead atoms. The molecular weight excluding hydrogens is 356 g/mol. The van der Waals surface area contributed by atoms with Gasteiger partial charge in [-0.2, -0.15) is 0 Å². The van der Waals surface area contributed by atoms with E-state index in [4.69, 9.17) is 21.4 Å². The summed E-state index contributed by atoms with van der Waals surface area (Å²) in [5.41, 5.74) is 1.73. The van der Waals surface area contributed by atoms with Crippen molar-refractivity contribution in [3.05, 3.63) is 64.5 Å². The molecule has 7 heteroatoms. The Bertz CT molecular complexity index is 855. The minimum absolute atomic E-state index is 0.217. The summed E-state index contributed by atoms with van der Waals surface area (Å²) < 4.78 is 10.7. The van der Waals surface area contributed by atoms with E-state index in [-0.39, 0.29) is 11.0 Å². The molecule has 5 nitrogen and oxygen atoms in total. The van der Waals surface area contributed by atoms with Gasteiger partial charge in [0.25, 0.3) is 5.91 Å². The summed E-state index contributed by atoms with van der Waals surface area (Å²) in [5, 5.41) is 7.75. The van der Waals surface area contributed by atoms with Gasteiger partial charge in [-0.3, -0.25) is 10.1 Å². The van der Waals surface area contributed by atoms with Gasteiger partial charge in [-0.1, -0.05) is 6.07 Å². The summed E-state index contributed by atoms with van der Waals surface area (Å²) in [5.74, 6) is 1.33. The largest absolute Gasteiger partial charge is 0.459 e. The zero-order valence-corrected chi connectivity index (χ0v) is 15.1. The highest BCUT2D eigenvalue weighted by Crippen LogP contribution is 2.24. The molecule has 0 aliphatic heterocycles. The fourth-order valence-electron chi connectivity index (χ4n) is 2.21. The smallest absolute Gasteiger partial charge is 0.267 e. The maximum Gasteiger partial charge on any atom is 0.267 e. The van der Waals surface area contributed by atoms with Crippen molar-refractivity contribution in [3.8, 4) is 11.3 Å². The Morgan fingerprint density at radius 1 is 1.20 bits per heavy atom. The van der Waals surface area contributed by atoms with Crippen molar-refractivity contribution in [3.63, 3.8) is 0 Å². The molecule has 25 heavy (non-hydrogen) atoms. The first kappa shape index (κ1) is 17.3. The summed E-state index contributed by atoms with van der Waals surface area (Å²) in [6, 6.07) is 14.9. The molecule has 0 spiro atoms. The Labute approximate surface area is 154 Å². The Morgan fingerprint density at radius 3 is 2.68 bits per heavy atom. The highest BCUT2D eigenvalue weighted by Gasteiger charge is 2.09. The van der Waals surface area contributed by atoms with E-state index in [0.29, 0.717) is 11.5 Å². The van der Waals surface area contributed by atoms with Gasteiger partial charge in [-0.25, -0.2) is 0 Å². The van der Waals surface area contributed by atoms with Gasteiger partial charge in [0.15, 0.2) is 5.11 Å². The van der Waals surface area contributed by atoms with Crippen LogP contribution < -0.4 is 10.6 Å². The van der Waals surface area contributed by atoms with E-state index in [1.165, 1.54) is 11.3 Å². The maximum absolute atomic E-state index is 12.0. The van der Waals surface area contributed by atoms with Crippen LogP contribution in [0.2, 0.25) is 0 Å². The van der Waals surface area contributed by atoms with Crippen LogP contribution in [-0.4, -0.2) is 18.1 Å². The molecular formula is C18H16N2O3S2. The molecule has 0 atom stereocenters. The average molecular weight is 372 g/mol. The summed E-state index contributed by atoms with van der Waals surface area (Å²) >= 11 is 6.54. The van der Waals surface area contributed by atoms with Gasteiger partial charge in [0.2, 0.25) is 0 Å². The predicted octanol–water partition coefficient (Wildman–Crippen LogP) is 4.28. The summed E-state index contributed by atoms with van der Waals surface area (Å²) in [6.07, 6.45) is 0. The number of carbonyl (C=O) groups is 1. The fraction of sp³-hybridized carbons (Fsp3) is 0.111. The van der Waals surface area contributed by atoms with E-state index in [0.717, 1.165) is 22.8 Å². The van der Waals surface area contributed by atoms with E-state index in [2.05, 4.69) is 10.6 Å². The molecule has 0 saturated carbocycles. The van der Waals surface area contributed by atoms with Gasteiger partial charge in [0, 0.05) is 18.4 Å². The fourth-order valence-corrected chi connectivity index (χ4v) is 3.04. The third kappa shape index (κ3) is 4.54. The lowest BCUT2D eigenvalue weighted by Crippen LogP contribution is -2.33. The molecule has 1 aromatic carbocycles. The Hall–Kier alpha value is -2.48. The van der Waals surface area contributed by atoms with Crippen molar-refractivity contribution >= 4 is 40.3 Å². The zero-order chi connectivity index (χ0) is 17.6. The number of amides is 1. The summed E-state index contributed by atoms with van der Waals surface area (Å²) in [7, 11) is 1.63. The van der Waals surface area contributed by atoms with Crippen molar-refractivity contribution in [1.29, 1.82) is 0 Å². The highest BCUT2D eigenvalue weighted by atomic mass is 32.1. The Morgan fingerprint density at radius 2 is 2.00 bits per heavy atom. The standard InChI is InChI=1S/C18H16N2O3S2/c1-22-11-14-8-9-15(23-14)12-4-6-13(7-5-12)19-18(24)20-17(21)16-3-2-10-25-16/h2-10H,11H2,1H3,(H2,19,20,21,24). The van der Waals surface area contributed by atoms with Crippen LogP contribution in [-0.2, 0) is 11.3 Å². The number of benzene rings is 1. The predicted molar refractivity (Wildman–Crippen MR) is 103 cm³/mol. The number of furan rings is 1. The molecule has 1 amide bonds. The molecule has 2 aromatic heterocycles. The number of carbonyl (C=O) groups excluding carboxylic acids is 1. The molecule has 2 N–H and O–H groups in total. The van der Waals surface area contributed by atoms with Crippen LogP contribution in [0.3, 0.4) is 0 Å². The minimum atomic E-state index is -0.217. The number of thiocarbonyl (C=S) groups is 1. The van der Waals surface area contributed by atoms with Crippen LogP contribution in [0.1, 0.15) is 15.4 Å². The quantitative estimate of drug-likeness (QED) is 0.655. The Kier molecular flexibility index (Phi) is 5.60. The van der Waals surface area contributed by atoms with Crippen molar-refractivity contribution < 1.29 is 13.9 Å². The second-order valence-electron chi connectivity index (χ2n) is 5.16. The third-order valence-electron chi connectivity index (χ3n) is 3.35. The van der Waals surface area contributed by atoms with Crippen LogP contribution in [0, 0.1) is 0 Å².